The SMILES string of the molecule is CCn1cnnc1CNC(=O)c1ccc(N)c(Cl)c1. The molecule has 0 atom stereocenters. The zero-order valence-corrected chi connectivity index (χ0v) is 11.2. The van der Waals surface area contributed by atoms with Crippen LogP contribution in [0.4, 0.5) is 5.69 Å². The summed E-state index contributed by atoms with van der Waals surface area (Å²) in [5, 5.41) is 10.9. The van der Waals surface area contributed by atoms with E-state index in [1.807, 2.05) is 11.5 Å². The molecule has 1 amide bonds. The lowest BCUT2D eigenvalue weighted by atomic mass is 10.2. The number of nitrogens with one attached hydrogen (secondary N) is 1. The van der Waals surface area contributed by atoms with Gasteiger partial charge in [-0.05, 0) is 25.1 Å². The molecule has 7 heteroatoms. The Balaban J connectivity index is 2.03. The summed E-state index contributed by atoms with van der Waals surface area (Å²) < 4.78 is 1.86. The molecule has 100 valence electrons. The number of aromatic nitrogens is 3. The van der Waals surface area contributed by atoms with Gasteiger partial charge in [0.1, 0.15) is 6.33 Å². The first-order valence-electron chi connectivity index (χ1n) is 5.81. The summed E-state index contributed by atoms with van der Waals surface area (Å²) in [6, 6.07) is 4.77. The van der Waals surface area contributed by atoms with Crippen LogP contribution in [0.1, 0.15) is 23.1 Å². The van der Waals surface area contributed by atoms with Crippen molar-refractivity contribution in [1.82, 2.24) is 20.1 Å². The molecule has 2 rings (SSSR count). The molecule has 2 aromatic rings. The van der Waals surface area contributed by atoms with Crippen LogP contribution in [0.5, 0.6) is 0 Å². The molecule has 0 aliphatic carbocycles. The highest BCUT2D eigenvalue weighted by Gasteiger charge is 2.09. The number of nitrogen functional groups attached to an aromatic ring is 1. The molecule has 6 nitrogen and oxygen atoms in total. The van der Waals surface area contributed by atoms with Gasteiger partial charge in [-0.1, -0.05) is 11.6 Å². The Labute approximate surface area is 115 Å². The zero-order chi connectivity index (χ0) is 13.8. The fourth-order valence-electron chi connectivity index (χ4n) is 1.61. The van der Waals surface area contributed by atoms with Crippen molar-refractivity contribution in [3.8, 4) is 0 Å². The average Bonchev–Trinajstić information content (AvgIpc) is 2.86. The Hall–Kier alpha value is -2.08. The van der Waals surface area contributed by atoms with Crippen LogP contribution in [0.3, 0.4) is 0 Å². The Bertz CT molecular complexity index is 596. The molecule has 19 heavy (non-hydrogen) atoms. The lowest BCUT2D eigenvalue weighted by Gasteiger charge is -2.07. The smallest absolute Gasteiger partial charge is 0.251 e. The van der Waals surface area contributed by atoms with E-state index in [2.05, 4.69) is 15.5 Å². The number of aryl methyl sites for hydroxylation is 1. The minimum Gasteiger partial charge on any atom is -0.398 e. The highest BCUT2D eigenvalue weighted by atomic mass is 35.5. The Morgan fingerprint density at radius 3 is 3.00 bits per heavy atom. The first-order valence-corrected chi connectivity index (χ1v) is 6.19. The molecular weight excluding hydrogens is 266 g/mol. The molecule has 0 spiro atoms. The van der Waals surface area contributed by atoms with Gasteiger partial charge in [0.25, 0.3) is 5.91 Å². The van der Waals surface area contributed by atoms with E-state index in [1.54, 1.807) is 18.5 Å². The van der Waals surface area contributed by atoms with Crippen molar-refractivity contribution >= 4 is 23.2 Å². The quantitative estimate of drug-likeness (QED) is 0.830. The normalized spacial score (nSPS) is 10.4. The van der Waals surface area contributed by atoms with Gasteiger partial charge in [-0.25, -0.2) is 0 Å². The van der Waals surface area contributed by atoms with Crippen molar-refractivity contribution in [3.63, 3.8) is 0 Å². The van der Waals surface area contributed by atoms with Crippen LogP contribution in [-0.4, -0.2) is 20.7 Å². The largest absolute Gasteiger partial charge is 0.398 e. The van der Waals surface area contributed by atoms with Crippen molar-refractivity contribution < 1.29 is 4.79 Å². The number of anilines is 1. The molecule has 0 unspecified atom stereocenters. The molecule has 0 bridgehead atoms. The molecule has 0 fully saturated rings. The summed E-state index contributed by atoms with van der Waals surface area (Å²) in [5.74, 6) is 0.477. The Kier molecular flexibility index (Phi) is 4.01. The van der Waals surface area contributed by atoms with E-state index in [1.165, 1.54) is 6.07 Å². The Morgan fingerprint density at radius 2 is 2.32 bits per heavy atom. The summed E-state index contributed by atoms with van der Waals surface area (Å²) in [4.78, 5) is 11.9. The third kappa shape index (κ3) is 3.03. The van der Waals surface area contributed by atoms with Crippen LogP contribution in [0.2, 0.25) is 5.02 Å². The maximum absolute atomic E-state index is 11.9. The van der Waals surface area contributed by atoms with Crippen molar-refractivity contribution in [2.24, 2.45) is 0 Å². The van der Waals surface area contributed by atoms with E-state index < -0.39 is 0 Å². The molecular formula is C12H14ClN5O. The lowest BCUT2D eigenvalue weighted by molar-refractivity contribution is 0.0949. The predicted octanol–water partition coefficient (Wildman–Crippen LogP) is 1.46. The van der Waals surface area contributed by atoms with Gasteiger partial charge in [0.15, 0.2) is 5.82 Å². The summed E-state index contributed by atoms with van der Waals surface area (Å²) in [6.45, 7) is 3.05. The van der Waals surface area contributed by atoms with E-state index in [0.29, 0.717) is 28.6 Å². The maximum atomic E-state index is 11.9. The lowest BCUT2D eigenvalue weighted by Crippen LogP contribution is -2.24. The fourth-order valence-corrected chi connectivity index (χ4v) is 1.79. The van der Waals surface area contributed by atoms with E-state index in [4.69, 9.17) is 17.3 Å². The van der Waals surface area contributed by atoms with Gasteiger partial charge < -0.3 is 15.6 Å². The third-order valence-corrected chi connectivity index (χ3v) is 3.03. The number of halogens is 1. The van der Waals surface area contributed by atoms with Gasteiger partial charge >= 0.3 is 0 Å². The molecule has 0 saturated carbocycles. The summed E-state index contributed by atoms with van der Waals surface area (Å²) >= 11 is 5.87. The number of amides is 1. The van der Waals surface area contributed by atoms with Gasteiger partial charge in [0, 0.05) is 12.1 Å². The minimum absolute atomic E-state index is 0.229. The Morgan fingerprint density at radius 1 is 1.53 bits per heavy atom. The highest BCUT2D eigenvalue weighted by molar-refractivity contribution is 6.33. The third-order valence-electron chi connectivity index (χ3n) is 2.71. The van der Waals surface area contributed by atoms with Gasteiger partial charge in [0.05, 0.1) is 17.3 Å². The van der Waals surface area contributed by atoms with Crippen LogP contribution >= 0.6 is 11.6 Å². The maximum Gasteiger partial charge on any atom is 0.251 e. The van der Waals surface area contributed by atoms with Crippen LogP contribution in [0.25, 0.3) is 0 Å². The van der Waals surface area contributed by atoms with Crippen molar-refractivity contribution in [2.75, 3.05) is 5.73 Å². The summed E-state index contributed by atoms with van der Waals surface area (Å²) in [6.07, 6.45) is 1.63. The number of hydrogen-bond donors (Lipinski definition) is 2. The van der Waals surface area contributed by atoms with Crippen LogP contribution < -0.4 is 11.1 Å². The number of hydrogen-bond acceptors (Lipinski definition) is 4. The molecule has 1 aromatic carbocycles. The number of rotatable bonds is 4. The number of carbonyl (C=O) groups excluding carboxylic acids is 1. The molecule has 1 heterocycles. The number of nitrogens with zero attached hydrogens (tertiary/aromatic N) is 3. The van der Waals surface area contributed by atoms with Crippen molar-refractivity contribution in [2.45, 2.75) is 20.0 Å². The number of nitrogens with two attached hydrogens (primary N) is 1. The van der Waals surface area contributed by atoms with Crippen LogP contribution in [0.15, 0.2) is 24.5 Å². The second-order valence-corrected chi connectivity index (χ2v) is 4.36. The monoisotopic (exact) mass is 279 g/mol. The molecule has 0 aliphatic heterocycles. The molecule has 1 aromatic heterocycles. The van der Waals surface area contributed by atoms with Crippen LogP contribution in [-0.2, 0) is 13.1 Å². The average molecular weight is 280 g/mol. The van der Waals surface area contributed by atoms with Gasteiger partial charge in [-0.15, -0.1) is 10.2 Å². The topological polar surface area (TPSA) is 85.8 Å². The van der Waals surface area contributed by atoms with E-state index >= 15 is 0 Å². The molecule has 0 radical (unpaired) electrons. The van der Waals surface area contributed by atoms with Crippen LogP contribution in [0, 0.1) is 0 Å². The minimum atomic E-state index is -0.229. The summed E-state index contributed by atoms with van der Waals surface area (Å²) in [5.41, 5.74) is 6.50. The zero-order valence-electron chi connectivity index (χ0n) is 10.4. The van der Waals surface area contributed by atoms with Gasteiger partial charge in [0.2, 0.25) is 0 Å². The second kappa shape index (κ2) is 5.71. The first kappa shape index (κ1) is 13.4. The second-order valence-electron chi connectivity index (χ2n) is 3.95. The van der Waals surface area contributed by atoms with E-state index in [0.717, 1.165) is 6.54 Å². The molecule has 0 aliphatic rings. The van der Waals surface area contributed by atoms with E-state index in [-0.39, 0.29) is 5.91 Å². The predicted molar refractivity (Wildman–Crippen MR) is 72.7 cm³/mol. The first-order chi connectivity index (χ1) is 9.11. The molecule has 3 N–H and O–H groups in total. The van der Waals surface area contributed by atoms with Crippen molar-refractivity contribution in [1.29, 1.82) is 0 Å². The fraction of sp³-hybridized carbons (Fsp3) is 0.250. The van der Waals surface area contributed by atoms with Gasteiger partial charge in [-0.3, -0.25) is 4.79 Å². The number of carbonyl (C=O) groups is 1. The summed E-state index contributed by atoms with van der Waals surface area (Å²) in [7, 11) is 0. The van der Waals surface area contributed by atoms with Crippen molar-refractivity contribution in [3.05, 3.63) is 40.9 Å². The standard InChI is InChI=1S/C12H14ClN5O/c1-2-18-7-16-17-11(18)6-15-12(19)8-3-4-10(14)9(13)5-8/h3-5,7H,2,6,14H2,1H3,(H,15,19). The van der Waals surface area contributed by atoms with Gasteiger partial charge in [-0.2, -0.15) is 0 Å². The van der Waals surface area contributed by atoms with E-state index in [9.17, 15) is 4.79 Å². The number of benzene rings is 1. The highest BCUT2D eigenvalue weighted by Crippen LogP contribution is 2.19. The molecule has 0 saturated heterocycles.